The molecule has 1 aliphatic heterocycles. The standard InChI is InChI=1S/C21H23N3O3/c1-13-5-9-16(10-6-13)22-20(25)18-14(2)24(3)21(26)23-19(18)15-7-11-17(27-4)12-8-15/h5-12,19H,1-4H3,(H,22,25)(H,23,26). The summed E-state index contributed by atoms with van der Waals surface area (Å²) in [5, 5.41) is 5.83. The molecule has 0 saturated heterocycles. The topological polar surface area (TPSA) is 70.7 Å². The third-order valence-corrected chi connectivity index (χ3v) is 4.76. The molecule has 140 valence electrons. The fraction of sp³-hybridized carbons (Fsp3) is 0.238. The zero-order chi connectivity index (χ0) is 19.6. The van der Waals surface area contributed by atoms with Crippen LogP contribution in [0.4, 0.5) is 10.5 Å². The Morgan fingerprint density at radius 3 is 2.30 bits per heavy atom. The molecular weight excluding hydrogens is 342 g/mol. The fourth-order valence-electron chi connectivity index (χ4n) is 3.01. The maximum absolute atomic E-state index is 13.1. The summed E-state index contributed by atoms with van der Waals surface area (Å²) in [6, 6.07) is 14.1. The second-order valence-electron chi connectivity index (χ2n) is 6.53. The first-order valence-corrected chi connectivity index (χ1v) is 8.67. The Labute approximate surface area is 158 Å². The minimum atomic E-state index is -0.537. The van der Waals surface area contributed by atoms with Gasteiger partial charge in [-0.3, -0.25) is 4.79 Å². The highest BCUT2D eigenvalue weighted by Crippen LogP contribution is 2.31. The molecule has 3 amide bonds. The van der Waals surface area contributed by atoms with Gasteiger partial charge in [-0.25, -0.2) is 4.79 Å². The number of hydrogen-bond donors (Lipinski definition) is 2. The second kappa shape index (κ2) is 7.53. The van der Waals surface area contributed by atoms with E-state index in [0.29, 0.717) is 22.7 Å². The molecule has 0 aliphatic carbocycles. The van der Waals surface area contributed by atoms with Crippen molar-refractivity contribution in [2.45, 2.75) is 19.9 Å². The average Bonchev–Trinajstić information content (AvgIpc) is 2.67. The number of benzene rings is 2. The third-order valence-electron chi connectivity index (χ3n) is 4.76. The van der Waals surface area contributed by atoms with Crippen LogP contribution in [0.1, 0.15) is 24.1 Å². The maximum atomic E-state index is 13.1. The predicted molar refractivity (Wildman–Crippen MR) is 105 cm³/mol. The number of rotatable bonds is 4. The van der Waals surface area contributed by atoms with E-state index >= 15 is 0 Å². The Morgan fingerprint density at radius 1 is 1.07 bits per heavy atom. The van der Waals surface area contributed by atoms with Crippen molar-refractivity contribution in [1.82, 2.24) is 10.2 Å². The molecule has 27 heavy (non-hydrogen) atoms. The first kappa shape index (κ1) is 18.5. The Balaban J connectivity index is 1.96. The van der Waals surface area contributed by atoms with E-state index in [1.54, 1.807) is 21.1 Å². The lowest BCUT2D eigenvalue weighted by Gasteiger charge is -2.33. The van der Waals surface area contributed by atoms with Crippen LogP contribution < -0.4 is 15.4 Å². The van der Waals surface area contributed by atoms with E-state index < -0.39 is 6.04 Å². The lowest BCUT2D eigenvalue weighted by atomic mass is 9.94. The van der Waals surface area contributed by atoms with Crippen LogP contribution in [0.2, 0.25) is 0 Å². The van der Waals surface area contributed by atoms with Gasteiger partial charge < -0.3 is 20.3 Å². The molecule has 1 heterocycles. The molecule has 1 aliphatic rings. The van der Waals surface area contributed by atoms with Crippen LogP contribution in [-0.2, 0) is 4.79 Å². The highest BCUT2D eigenvalue weighted by atomic mass is 16.5. The van der Waals surface area contributed by atoms with E-state index in [4.69, 9.17) is 4.74 Å². The predicted octanol–water partition coefficient (Wildman–Crippen LogP) is 3.61. The molecule has 2 N–H and O–H groups in total. The van der Waals surface area contributed by atoms with E-state index in [2.05, 4.69) is 10.6 Å². The fourth-order valence-corrected chi connectivity index (χ4v) is 3.01. The van der Waals surface area contributed by atoms with Gasteiger partial charge in [-0.1, -0.05) is 29.8 Å². The zero-order valence-corrected chi connectivity index (χ0v) is 15.9. The van der Waals surface area contributed by atoms with Crippen LogP contribution in [-0.4, -0.2) is 31.0 Å². The molecule has 6 heteroatoms. The molecule has 6 nitrogen and oxygen atoms in total. The molecule has 2 aromatic carbocycles. The number of allylic oxidation sites excluding steroid dienone is 1. The number of urea groups is 1. The van der Waals surface area contributed by atoms with Crippen LogP contribution in [0, 0.1) is 6.92 Å². The summed E-state index contributed by atoms with van der Waals surface area (Å²) in [4.78, 5) is 26.8. The molecule has 2 aromatic rings. The normalized spacial score (nSPS) is 16.8. The lowest BCUT2D eigenvalue weighted by molar-refractivity contribution is -0.113. The highest BCUT2D eigenvalue weighted by molar-refractivity contribution is 6.06. The number of amides is 3. The van der Waals surface area contributed by atoms with Crippen molar-refractivity contribution in [1.29, 1.82) is 0 Å². The van der Waals surface area contributed by atoms with Crippen molar-refractivity contribution in [3.05, 3.63) is 70.9 Å². The van der Waals surface area contributed by atoms with Gasteiger partial charge in [-0.05, 0) is 43.7 Å². The van der Waals surface area contributed by atoms with Crippen molar-refractivity contribution < 1.29 is 14.3 Å². The van der Waals surface area contributed by atoms with Crippen molar-refractivity contribution >= 4 is 17.6 Å². The van der Waals surface area contributed by atoms with E-state index in [1.165, 1.54) is 4.90 Å². The summed E-state index contributed by atoms with van der Waals surface area (Å²) in [5.74, 6) is 0.466. The van der Waals surface area contributed by atoms with Gasteiger partial charge >= 0.3 is 6.03 Å². The number of anilines is 1. The molecule has 1 unspecified atom stereocenters. The van der Waals surface area contributed by atoms with Crippen LogP contribution in [0.25, 0.3) is 0 Å². The number of ether oxygens (including phenoxy) is 1. The molecule has 0 fully saturated rings. The van der Waals surface area contributed by atoms with Gasteiger partial charge in [0.2, 0.25) is 0 Å². The van der Waals surface area contributed by atoms with Crippen molar-refractivity contribution in [3.8, 4) is 5.75 Å². The number of carbonyl (C=O) groups excluding carboxylic acids is 2. The molecule has 3 rings (SSSR count). The van der Waals surface area contributed by atoms with Gasteiger partial charge in [-0.2, -0.15) is 0 Å². The first-order valence-electron chi connectivity index (χ1n) is 8.67. The Morgan fingerprint density at radius 2 is 1.70 bits per heavy atom. The zero-order valence-electron chi connectivity index (χ0n) is 15.9. The molecule has 1 atom stereocenters. The van der Waals surface area contributed by atoms with E-state index in [9.17, 15) is 9.59 Å². The Kier molecular flexibility index (Phi) is 5.16. The average molecular weight is 365 g/mol. The number of aryl methyl sites for hydroxylation is 1. The number of carbonyl (C=O) groups is 2. The first-order chi connectivity index (χ1) is 12.9. The van der Waals surface area contributed by atoms with Gasteiger partial charge in [0.05, 0.1) is 18.7 Å². The summed E-state index contributed by atoms with van der Waals surface area (Å²) >= 11 is 0. The SMILES string of the molecule is COc1ccc(C2NC(=O)N(C)C(C)=C2C(=O)Nc2ccc(C)cc2)cc1. The Bertz CT molecular complexity index is 886. The van der Waals surface area contributed by atoms with Crippen molar-refractivity contribution in [2.75, 3.05) is 19.5 Å². The van der Waals surface area contributed by atoms with Crippen LogP contribution in [0.15, 0.2) is 59.8 Å². The maximum Gasteiger partial charge on any atom is 0.322 e. The van der Waals surface area contributed by atoms with Gasteiger partial charge in [-0.15, -0.1) is 0 Å². The van der Waals surface area contributed by atoms with Gasteiger partial charge in [0.15, 0.2) is 0 Å². The largest absolute Gasteiger partial charge is 0.497 e. The number of nitrogens with one attached hydrogen (secondary N) is 2. The number of methoxy groups -OCH3 is 1. The van der Waals surface area contributed by atoms with Crippen molar-refractivity contribution in [2.24, 2.45) is 0 Å². The summed E-state index contributed by atoms with van der Waals surface area (Å²) in [6.45, 7) is 3.77. The molecule has 0 saturated carbocycles. The third kappa shape index (κ3) is 3.79. The van der Waals surface area contributed by atoms with E-state index in [-0.39, 0.29) is 11.9 Å². The van der Waals surface area contributed by atoms with Crippen molar-refractivity contribution in [3.63, 3.8) is 0 Å². The second-order valence-corrected chi connectivity index (χ2v) is 6.53. The Hall–Kier alpha value is -3.28. The van der Waals surface area contributed by atoms with Crippen LogP contribution >= 0.6 is 0 Å². The summed E-state index contributed by atoms with van der Waals surface area (Å²) in [5.41, 5.74) is 3.75. The quantitative estimate of drug-likeness (QED) is 0.869. The molecule has 0 bridgehead atoms. The minimum Gasteiger partial charge on any atom is -0.497 e. The highest BCUT2D eigenvalue weighted by Gasteiger charge is 2.34. The molecule has 0 radical (unpaired) electrons. The number of nitrogens with zero attached hydrogens (tertiary/aromatic N) is 1. The van der Waals surface area contributed by atoms with E-state index in [0.717, 1.165) is 11.1 Å². The lowest BCUT2D eigenvalue weighted by Crippen LogP contribution is -2.46. The summed E-state index contributed by atoms with van der Waals surface area (Å²) < 4.78 is 5.19. The van der Waals surface area contributed by atoms with Crippen LogP contribution in [0.3, 0.4) is 0 Å². The molecule has 0 spiro atoms. The smallest absolute Gasteiger partial charge is 0.322 e. The van der Waals surface area contributed by atoms with Gasteiger partial charge in [0, 0.05) is 18.4 Å². The summed E-state index contributed by atoms with van der Waals surface area (Å²) in [6.07, 6.45) is 0. The summed E-state index contributed by atoms with van der Waals surface area (Å²) in [7, 11) is 3.24. The van der Waals surface area contributed by atoms with Gasteiger partial charge in [0.25, 0.3) is 5.91 Å². The number of hydrogen-bond acceptors (Lipinski definition) is 3. The molecular formula is C21H23N3O3. The van der Waals surface area contributed by atoms with Crippen LogP contribution in [0.5, 0.6) is 5.75 Å². The van der Waals surface area contributed by atoms with Gasteiger partial charge in [0.1, 0.15) is 5.75 Å². The monoisotopic (exact) mass is 365 g/mol. The molecule has 0 aromatic heterocycles. The minimum absolute atomic E-state index is 0.246. The van der Waals surface area contributed by atoms with E-state index in [1.807, 2.05) is 55.5 Å².